The van der Waals surface area contributed by atoms with Crippen LogP contribution >= 0.6 is 0 Å². The molecule has 0 saturated carbocycles. The van der Waals surface area contributed by atoms with Gasteiger partial charge in [-0.1, -0.05) is 36.4 Å². The van der Waals surface area contributed by atoms with Crippen LogP contribution < -0.4 is 5.73 Å². The number of hydrogen-bond acceptors (Lipinski definition) is 1. The first-order chi connectivity index (χ1) is 7.24. The Morgan fingerprint density at radius 1 is 1.47 bits per heavy atom. The summed E-state index contributed by atoms with van der Waals surface area (Å²) in [6.07, 6.45) is 1.73. The minimum atomic E-state index is 0.541. The van der Waals surface area contributed by atoms with E-state index in [-0.39, 0.29) is 0 Å². The lowest BCUT2D eigenvalue weighted by Crippen LogP contribution is -2.33. The van der Waals surface area contributed by atoms with Crippen molar-refractivity contribution < 1.29 is 0 Å². The van der Waals surface area contributed by atoms with E-state index in [9.17, 15) is 0 Å². The molecule has 3 nitrogen and oxygen atoms in total. The zero-order valence-electron chi connectivity index (χ0n) is 9.06. The highest BCUT2D eigenvalue weighted by Crippen LogP contribution is 2.01. The van der Waals surface area contributed by atoms with E-state index in [1.54, 1.807) is 6.08 Å². The summed E-state index contributed by atoms with van der Waals surface area (Å²) in [4.78, 5) is 6.06. The van der Waals surface area contributed by atoms with E-state index < -0.39 is 0 Å². The summed E-state index contributed by atoms with van der Waals surface area (Å²) in [5, 5.41) is 0. The van der Waals surface area contributed by atoms with E-state index in [0.717, 1.165) is 6.54 Å². The lowest BCUT2D eigenvalue weighted by molar-refractivity contribution is 0.493. The Kier molecular flexibility index (Phi) is 4.41. The van der Waals surface area contributed by atoms with Crippen molar-refractivity contribution in [1.82, 2.24) is 4.90 Å². The largest absolute Gasteiger partial charge is 0.370 e. The van der Waals surface area contributed by atoms with Gasteiger partial charge < -0.3 is 10.6 Å². The molecule has 0 amide bonds. The van der Waals surface area contributed by atoms with Gasteiger partial charge >= 0.3 is 0 Å². The van der Waals surface area contributed by atoms with Crippen LogP contribution in [0.15, 0.2) is 48.0 Å². The number of hydrogen-bond donors (Lipinski definition) is 1. The first-order valence-electron chi connectivity index (χ1n) is 4.90. The molecule has 15 heavy (non-hydrogen) atoms. The van der Waals surface area contributed by atoms with Crippen LogP contribution in [0.2, 0.25) is 0 Å². The molecule has 1 aromatic rings. The van der Waals surface area contributed by atoms with Crippen LogP contribution in [0.4, 0.5) is 0 Å². The molecule has 0 aliphatic heterocycles. The molecule has 3 heteroatoms. The second kappa shape index (κ2) is 5.86. The summed E-state index contributed by atoms with van der Waals surface area (Å²) >= 11 is 0. The molecule has 0 radical (unpaired) electrons. The molecule has 1 rings (SSSR count). The molecule has 0 bridgehead atoms. The molecule has 0 fully saturated rings. The number of aliphatic imine (C=N–C) groups is 1. The third kappa shape index (κ3) is 3.85. The maximum absolute atomic E-state index is 5.78. The van der Waals surface area contributed by atoms with Gasteiger partial charge in [0.15, 0.2) is 5.96 Å². The normalized spacial score (nSPS) is 11.1. The molecule has 0 unspecified atom stereocenters. The molecular formula is C12H17N3. The van der Waals surface area contributed by atoms with E-state index in [4.69, 9.17) is 5.73 Å². The lowest BCUT2D eigenvalue weighted by atomic mass is 10.2. The summed E-state index contributed by atoms with van der Waals surface area (Å²) < 4.78 is 0. The third-order valence-electron chi connectivity index (χ3n) is 2.04. The monoisotopic (exact) mass is 203 g/mol. The molecule has 0 aromatic heterocycles. The molecule has 1 aromatic carbocycles. The van der Waals surface area contributed by atoms with E-state index in [2.05, 4.69) is 23.7 Å². The molecular weight excluding hydrogens is 186 g/mol. The maximum Gasteiger partial charge on any atom is 0.191 e. The third-order valence-corrected chi connectivity index (χ3v) is 2.04. The predicted octanol–water partition coefficient (Wildman–Crippen LogP) is 1.62. The van der Waals surface area contributed by atoms with Crippen molar-refractivity contribution in [3.63, 3.8) is 0 Å². The minimum Gasteiger partial charge on any atom is -0.370 e. The second-order valence-corrected chi connectivity index (χ2v) is 3.33. The van der Waals surface area contributed by atoms with Crippen LogP contribution in [0, 0.1) is 0 Å². The Bertz CT molecular complexity index is 330. The van der Waals surface area contributed by atoms with Gasteiger partial charge in [0.2, 0.25) is 0 Å². The highest BCUT2D eigenvalue weighted by atomic mass is 15.2. The molecule has 0 spiro atoms. The van der Waals surface area contributed by atoms with Crippen LogP contribution in [0.5, 0.6) is 0 Å². The number of nitrogens with zero attached hydrogens (tertiary/aromatic N) is 2. The Morgan fingerprint density at radius 2 is 2.13 bits per heavy atom. The van der Waals surface area contributed by atoms with Crippen LogP contribution in [0.1, 0.15) is 5.56 Å². The minimum absolute atomic E-state index is 0.541. The first kappa shape index (κ1) is 11.3. The molecule has 0 aliphatic rings. The van der Waals surface area contributed by atoms with E-state index in [0.29, 0.717) is 12.5 Å². The highest BCUT2D eigenvalue weighted by molar-refractivity contribution is 5.77. The van der Waals surface area contributed by atoms with Crippen molar-refractivity contribution in [3.8, 4) is 0 Å². The fourth-order valence-corrected chi connectivity index (χ4v) is 1.22. The maximum atomic E-state index is 5.78. The summed E-state index contributed by atoms with van der Waals surface area (Å²) in [5.74, 6) is 0.541. The van der Waals surface area contributed by atoms with E-state index >= 15 is 0 Å². The molecule has 0 heterocycles. The topological polar surface area (TPSA) is 41.6 Å². The van der Waals surface area contributed by atoms with Gasteiger partial charge in [-0.05, 0) is 5.56 Å². The fraction of sp³-hybridized carbons (Fsp3) is 0.250. The Labute approximate surface area is 90.9 Å². The number of nitrogens with two attached hydrogens (primary N) is 1. The second-order valence-electron chi connectivity index (χ2n) is 3.33. The van der Waals surface area contributed by atoms with E-state index in [1.807, 2.05) is 30.1 Å². The lowest BCUT2D eigenvalue weighted by Gasteiger charge is -2.17. The van der Waals surface area contributed by atoms with Crippen LogP contribution in [-0.4, -0.2) is 24.5 Å². The van der Waals surface area contributed by atoms with Crippen molar-refractivity contribution in [2.45, 2.75) is 6.54 Å². The zero-order valence-corrected chi connectivity index (χ0v) is 9.06. The Morgan fingerprint density at radius 3 is 2.73 bits per heavy atom. The van der Waals surface area contributed by atoms with Gasteiger partial charge in [0.25, 0.3) is 0 Å². The van der Waals surface area contributed by atoms with Gasteiger partial charge in [-0.3, -0.25) is 0 Å². The molecule has 80 valence electrons. The standard InChI is InChI=1S/C12H17N3/c1-3-9-14-12(13)15(2)10-11-7-5-4-6-8-11/h3-8H,1,9-10H2,2H3,(H2,13,14). The molecule has 0 saturated heterocycles. The van der Waals surface area contributed by atoms with Gasteiger partial charge in [-0.25, -0.2) is 4.99 Å². The predicted molar refractivity (Wildman–Crippen MR) is 64.6 cm³/mol. The molecule has 0 aliphatic carbocycles. The van der Waals surface area contributed by atoms with Gasteiger partial charge in [0, 0.05) is 13.6 Å². The van der Waals surface area contributed by atoms with Gasteiger partial charge in [-0.2, -0.15) is 0 Å². The van der Waals surface area contributed by atoms with E-state index in [1.165, 1.54) is 5.56 Å². The van der Waals surface area contributed by atoms with Crippen LogP contribution in [0.25, 0.3) is 0 Å². The fourth-order valence-electron chi connectivity index (χ4n) is 1.22. The van der Waals surface area contributed by atoms with Crippen molar-refractivity contribution in [2.75, 3.05) is 13.6 Å². The number of benzene rings is 1. The number of guanidine groups is 1. The summed E-state index contributed by atoms with van der Waals surface area (Å²) in [5.41, 5.74) is 7.00. The van der Waals surface area contributed by atoms with Gasteiger partial charge in [-0.15, -0.1) is 6.58 Å². The Balaban J connectivity index is 2.55. The Hall–Kier alpha value is -1.77. The molecule has 0 atom stereocenters. The SMILES string of the molecule is C=CCN=C(N)N(C)Cc1ccccc1. The first-order valence-corrected chi connectivity index (χ1v) is 4.90. The highest BCUT2D eigenvalue weighted by Gasteiger charge is 2.01. The van der Waals surface area contributed by atoms with Crippen molar-refractivity contribution in [1.29, 1.82) is 0 Å². The zero-order chi connectivity index (χ0) is 11.1. The molecule has 2 N–H and O–H groups in total. The van der Waals surface area contributed by atoms with Crippen molar-refractivity contribution in [3.05, 3.63) is 48.6 Å². The summed E-state index contributed by atoms with van der Waals surface area (Å²) in [7, 11) is 1.93. The van der Waals surface area contributed by atoms with Crippen molar-refractivity contribution >= 4 is 5.96 Å². The average Bonchev–Trinajstić information content (AvgIpc) is 2.27. The summed E-state index contributed by atoms with van der Waals surface area (Å²) in [6, 6.07) is 10.2. The average molecular weight is 203 g/mol. The summed E-state index contributed by atoms with van der Waals surface area (Å²) in [6.45, 7) is 4.93. The van der Waals surface area contributed by atoms with Gasteiger partial charge in [0.05, 0.1) is 6.54 Å². The van der Waals surface area contributed by atoms with Gasteiger partial charge in [0.1, 0.15) is 0 Å². The van der Waals surface area contributed by atoms with Crippen LogP contribution in [-0.2, 0) is 6.54 Å². The number of rotatable bonds is 4. The van der Waals surface area contributed by atoms with Crippen molar-refractivity contribution in [2.24, 2.45) is 10.7 Å². The van der Waals surface area contributed by atoms with Crippen LogP contribution in [0.3, 0.4) is 0 Å². The smallest absolute Gasteiger partial charge is 0.191 e. The quantitative estimate of drug-likeness (QED) is 0.459.